The second-order valence-electron chi connectivity index (χ2n) is 5.33. The van der Waals surface area contributed by atoms with Crippen LogP contribution in [0.4, 0.5) is 0 Å². The third kappa shape index (κ3) is 6.45. The van der Waals surface area contributed by atoms with E-state index in [0.29, 0.717) is 12.3 Å². The molecule has 2 N–H and O–H groups in total. The highest BCUT2D eigenvalue weighted by atomic mass is 32.2. The van der Waals surface area contributed by atoms with Crippen molar-refractivity contribution in [3.8, 4) is 0 Å². The molecule has 0 heterocycles. The molecule has 0 aromatic carbocycles. The third-order valence-electron chi connectivity index (χ3n) is 2.86. The summed E-state index contributed by atoms with van der Waals surface area (Å²) in [5.41, 5.74) is -0.995. The zero-order valence-corrected chi connectivity index (χ0v) is 11.8. The average molecular weight is 251 g/mol. The summed E-state index contributed by atoms with van der Waals surface area (Å²) < 4.78 is 25.6. The third-order valence-corrected chi connectivity index (χ3v) is 4.22. The molecule has 4 nitrogen and oxygen atoms in total. The topological polar surface area (TPSA) is 66.4 Å². The highest BCUT2D eigenvalue weighted by Crippen LogP contribution is 2.15. The summed E-state index contributed by atoms with van der Waals surface area (Å²) >= 11 is 0. The van der Waals surface area contributed by atoms with E-state index in [2.05, 4.69) is 4.72 Å². The van der Waals surface area contributed by atoms with Gasteiger partial charge in [-0.05, 0) is 25.2 Å². The van der Waals surface area contributed by atoms with Crippen LogP contribution in [0, 0.1) is 11.8 Å². The summed E-state index contributed by atoms with van der Waals surface area (Å²) in [7, 11) is -3.25. The van der Waals surface area contributed by atoms with Crippen molar-refractivity contribution >= 4 is 10.0 Å². The molecular weight excluding hydrogens is 226 g/mol. The first-order chi connectivity index (χ1) is 7.07. The number of nitrogens with one attached hydrogen (secondary N) is 1. The summed E-state index contributed by atoms with van der Waals surface area (Å²) in [5, 5.41) is 9.91. The van der Waals surface area contributed by atoms with Gasteiger partial charge in [0.2, 0.25) is 10.0 Å². The fourth-order valence-corrected chi connectivity index (χ4v) is 2.36. The van der Waals surface area contributed by atoms with Crippen LogP contribution in [-0.2, 0) is 10.0 Å². The van der Waals surface area contributed by atoms with Crippen LogP contribution >= 0.6 is 0 Å². The van der Waals surface area contributed by atoms with Crippen molar-refractivity contribution in [2.45, 2.75) is 46.6 Å². The minimum Gasteiger partial charge on any atom is -0.389 e. The van der Waals surface area contributed by atoms with Crippen molar-refractivity contribution in [2.24, 2.45) is 11.8 Å². The molecule has 1 unspecified atom stereocenters. The lowest BCUT2D eigenvalue weighted by molar-refractivity contribution is 0.0190. The number of hydrogen-bond donors (Lipinski definition) is 2. The van der Waals surface area contributed by atoms with E-state index in [-0.39, 0.29) is 18.2 Å². The van der Waals surface area contributed by atoms with Crippen molar-refractivity contribution in [3.63, 3.8) is 0 Å². The lowest BCUT2D eigenvalue weighted by atomic mass is 9.93. The van der Waals surface area contributed by atoms with Crippen LogP contribution in [-0.4, -0.2) is 31.4 Å². The van der Waals surface area contributed by atoms with Crippen molar-refractivity contribution in [1.29, 1.82) is 0 Å². The smallest absolute Gasteiger partial charge is 0.211 e. The number of rotatable bonds is 7. The molecule has 16 heavy (non-hydrogen) atoms. The Bertz CT molecular complexity index is 294. The van der Waals surface area contributed by atoms with Crippen molar-refractivity contribution in [2.75, 3.05) is 12.3 Å². The first-order valence-electron chi connectivity index (χ1n) is 5.76. The largest absolute Gasteiger partial charge is 0.389 e. The average Bonchev–Trinajstić information content (AvgIpc) is 2.12. The Balaban J connectivity index is 4.19. The normalized spacial score (nSPS) is 16.8. The Morgan fingerprint density at radius 2 is 1.75 bits per heavy atom. The van der Waals surface area contributed by atoms with Gasteiger partial charge in [-0.25, -0.2) is 13.1 Å². The number of hydrogen-bond acceptors (Lipinski definition) is 3. The minimum absolute atomic E-state index is 0.0142. The second kappa shape index (κ2) is 5.98. The minimum atomic E-state index is -3.25. The fraction of sp³-hybridized carbons (Fsp3) is 1.00. The van der Waals surface area contributed by atoms with Crippen LogP contribution in [0.3, 0.4) is 0 Å². The standard InChI is InChI=1S/C11H25NO3S/c1-9(2)6-7-16(14,15)12-8-11(5,13)10(3)4/h9-10,12-13H,6-8H2,1-5H3. The molecule has 0 aliphatic rings. The maximum absolute atomic E-state index is 11.6. The number of sulfonamides is 1. The van der Waals surface area contributed by atoms with Gasteiger partial charge >= 0.3 is 0 Å². The molecule has 0 aliphatic heterocycles. The Labute approximate surface area is 99.5 Å². The van der Waals surface area contributed by atoms with E-state index in [9.17, 15) is 13.5 Å². The molecule has 0 rings (SSSR count). The lowest BCUT2D eigenvalue weighted by Crippen LogP contribution is -2.44. The predicted octanol–water partition coefficient (Wildman–Crippen LogP) is 1.36. The van der Waals surface area contributed by atoms with E-state index in [4.69, 9.17) is 0 Å². The van der Waals surface area contributed by atoms with E-state index in [0.717, 1.165) is 0 Å². The number of aliphatic hydroxyl groups is 1. The molecule has 5 heteroatoms. The van der Waals surface area contributed by atoms with Crippen LogP contribution < -0.4 is 4.72 Å². The molecule has 0 amide bonds. The van der Waals surface area contributed by atoms with Crippen LogP contribution in [0.15, 0.2) is 0 Å². The molecule has 98 valence electrons. The zero-order valence-electron chi connectivity index (χ0n) is 10.9. The van der Waals surface area contributed by atoms with Gasteiger partial charge in [0.1, 0.15) is 0 Å². The molecule has 0 aromatic rings. The van der Waals surface area contributed by atoms with E-state index in [1.807, 2.05) is 27.7 Å². The van der Waals surface area contributed by atoms with Gasteiger partial charge in [-0.3, -0.25) is 0 Å². The molecule has 0 aliphatic carbocycles. The van der Waals surface area contributed by atoms with Gasteiger partial charge < -0.3 is 5.11 Å². The predicted molar refractivity (Wildman–Crippen MR) is 66.7 cm³/mol. The van der Waals surface area contributed by atoms with Crippen molar-refractivity contribution in [1.82, 2.24) is 4.72 Å². The molecule has 0 aromatic heterocycles. The molecule has 1 atom stereocenters. The maximum Gasteiger partial charge on any atom is 0.211 e. The van der Waals surface area contributed by atoms with Crippen molar-refractivity contribution < 1.29 is 13.5 Å². The molecular formula is C11H25NO3S. The summed E-state index contributed by atoms with van der Waals surface area (Å²) in [4.78, 5) is 0. The SMILES string of the molecule is CC(C)CCS(=O)(=O)NCC(C)(O)C(C)C. The van der Waals surface area contributed by atoms with E-state index in [1.165, 1.54) is 0 Å². The zero-order chi connectivity index (χ0) is 13.0. The first kappa shape index (κ1) is 15.9. The Morgan fingerprint density at radius 1 is 1.25 bits per heavy atom. The van der Waals surface area contributed by atoms with Crippen LogP contribution in [0.2, 0.25) is 0 Å². The van der Waals surface area contributed by atoms with Crippen LogP contribution in [0.5, 0.6) is 0 Å². The lowest BCUT2D eigenvalue weighted by Gasteiger charge is -2.27. The van der Waals surface area contributed by atoms with Crippen molar-refractivity contribution in [3.05, 3.63) is 0 Å². The van der Waals surface area contributed by atoms with Crippen LogP contribution in [0.1, 0.15) is 41.0 Å². The van der Waals surface area contributed by atoms with Gasteiger partial charge in [0.25, 0.3) is 0 Å². The second-order valence-corrected chi connectivity index (χ2v) is 7.26. The summed E-state index contributed by atoms with van der Waals surface area (Å²) in [6.45, 7) is 9.41. The van der Waals surface area contributed by atoms with Gasteiger partial charge in [0.15, 0.2) is 0 Å². The van der Waals surface area contributed by atoms with Gasteiger partial charge in [-0.2, -0.15) is 0 Å². The molecule has 0 fully saturated rings. The van der Waals surface area contributed by atoms with E-state index >= 15 is 0 Å². The summed E-state index contributed by atoms with van der Waals surface area (Å²) in [6.07, 6.45) is 0.638. The highest BCUT2D eigenvalue weighted by Gasteiger charge is 2.26. The Kier molecular flexibility index (Phi) is 5.93. The molecule has 0 radical (unpaired) electrons. The Morgan fingerprint density at radius 3 is 2.12 bits per heavy atom. The monoisotopic (exact) mass is 251 g/mol. The van der Waals surface area contributed by atoms with Gasteiger partial charge in [0, 0.05) is 6.54 Å². The molecule has 0 saturated heterocycles. The fourth-order valence-electron chi connectivity index (χ4n) is 0.923. The van der Waals surface area contributed by atoms with E-state index < -0.39 is 15.6 Å². The quantitative estimate of drug-likeness (QED) is 0.718. The van der Waals surface area contributed by atoms with Gasteiger partial charge in [0.05, 0.1) is 11.4 Å². The first-order valence-corrected chi connectivity index (χ1v) is 7.42. The van der Waals surface area contributed by atoms with Gasteiger partial charge in [-0.1, -0.05) is 27.7 Å². The molecule has 0 saturated carbocycles. The Hall–Kier alpha value is -0.130. The molecule has 0 spiro atoms. The van der Waals surface area contributed by atoms with Crippen LogP contribution in [0.25, 0.3) is 0 Å². The maximum atomic E-state index is 11.6. The summed E-state index contributed by atoms with van der Waals surface area (Å²) in [6, 6.07) is 0. The van der Waals surface area contributed by atoms with E-state index in [1.54, 1.807) is 6.92 Å². The highest BCUT2D eigenvalue weighted by molar-refractivity contribution is 7.89. The molecule has 0 bridgehead atoms. The van der Waals surface area contributed by atoms with Gasteiger partial charge in [-0.15, -0.1) is 0 Å². The summed E-state index contributed by atoms with van der Waals surface area (Å²) in [5.74, 6) is 0.501.